The highest BCUT2D eigenvalue weighted by atomic mass is 19.1. The van der Waals surface area contributed by atoms with Crippen LogP contribution in [0.25, 0.3) is 22.0 Å². The first kappa shape index (κ1) is 20.7. The topological polar surface area (TPSA) is 37.9 Å². The second-order valence-electron chi connectivity index (χ2n) is 6.95. The summed E-state index contributed by atoms with van der Waals surface area (Å²) < 4.78 is 49.0. The summed E-state index contributed by atoms with van der Waals surface area (Å²) in [7, 11) is 0. The standard InChI is InChI=1S/C25H20F3N2O/c1-3-18(24-20(26)6-5-7-21(24)27)23(15-8-11-17(12-9-15)31-4-2)16-10-13-22-19(14-16)25(28)30-29-22/h5-14H,2-4H2,1H3,(H,29,30)/b23-18+. The first-order valence-corrected chi connectivity index (χ1v) is 9.87. The Morgan fingerprint density at radius 2 is 1.65 bits per heavy atom. The van der Waals surface area contributed by atoms with Gasteiger partial charge in [-0.2, -0.15) is 4.39 Å². The van der Waals surface area contributed by atoms with Crippen molar-refractivity contribution in [3.05, 3.63) is 102 Å². The molecule has 1 aromatic heterocycles. The second-order valence-corrected chi connectivity index (χ2v) is 6.95. The third kappa shape index (κ3) is 3.93. The lowest BCUT2D eigenvalue weighted by atomic mass is 9.87. The number of benzene rings is 3. The molecule has 0 spiro atoms. The Balaban J connectivity index is 2.01. The van der Waals surface area contributed by atoms with E-state index in [2.05, 4.69) is 17.1 Å². The summed E-state index contributed by atoms with van der Waals surface area (Å²) in [6.45, 7) is 5.77. The van der Waals surface area contributed by atoms with Crippen molar-refractivity contribution in [2.24, 2.45) is 0 Å². The van der Waals surface area contributed by atoms with Gasteiger partial charge in [-0.15, -0.1) is 5.10 Å². The third-order valence-corrected chi connectivity index (χ3v) is 5.14. The van der Waals surface area contributed by atoms with E-state index in [0.29, 0.717) is 39.8 Å². The number of ether oxygens (including phenoxy) is 1. The number of fused-ring (bicyclic) bond motifs is 1. The maximum atomic E-state index is 14.7. The molecule has 0 unspecified atom stereocenters. The molecule has 157 valence electrons. The molecule has 3 aromatic carbocycles. The molecule has 31 heavy (non-hydrogen) atoms. The van der Waals surface area contributed by atoms with Gasteiger partial charge in [-0.25, -0.2) is 8.78 Å². The van der Waals surface area contributed by atoms with Gasteiger partial charge in [0, 0.05) is 5.56 Å². The maximum Gasteiger partial charge on any atom is 0.240 e. The molecule has 0 saturated heterocycles. The molecule has 0 bridgehead atoms. The van der Waals surface area contributed by atoms with E-state index < -0.39 is 17.6 Å². The highest BCUT2D eigenvalue weighted by Gasteiger charge is 2.20. The van der Waals surface area contributed by atoms with Crippen molar-refractivity contribution in [2.75, 3.05) is 6.61 Å². The number of allylic oxidation sites excluding steroid dienone is 1. The van der Waals surface area contributed by atoms with Crippen LogP contribution in [0.5, 0.6) is 5.75 Å². The predicted octanol–water partition coefficient (Wildman–Crippen LogP) is 6.56. The minimum absolute atomic E-state index is 0.0918. The average molecular weight is 421 g/mol. The van der Waals surface area contributed by atoms with Crippen molar-refractivity contribution in [3.8, 4) is 5.75 Å². The van der Waals surface area contributed by atoms with Crippen LogP contribution in [0, 0.1) is 24.5 Å². The van der Waals surface area contributed by atoms with Gasteiger partial charge in [0.1, 0.15) is 17.4 Å². The number of hydrogen-bond donors (Lipinski definition) is 1. The molecule has 1 N–H and O–H groups in total. The van der Waals surface area contributed by atoms with Gasteiger partial charge in [0.05, 0.1) is 17.5 Å². The highest BCUT2D eigenvalue weighted by Crippen LogP contribution is 2.38. The minimum Gasteiger partial charge on any atom is -0.494 e. The highest BCUT2D eigenvalue weighted by molar-refractivity contribution is 6.00. The molecule has 4 rings (SSSR count). The van der Waals surface area contributed by atoms with Crippen molar-refractivity contribution < 1.29 is 17.9 Å². The molecule has 4 aromatic rings. The van der Waals surface area contributed by atoms with Crippen molar-refractivity contribution in [3.63, 3.8) is 0 Å². The summed E-state index contributed by atoms with van der Waals surface area (Å²) in [5.41, 5.74) is 2.87. The molecule has 0 amide bonds. The molecule has 1 heterocycles. The summed E-state index contributed by atoms with van der Waals surface area (Å²) in [4.78, 5) is 0. The van der Waals surface area contributed by atoms with E-state index in [0.717, 1.165) is 5.56 Å². The lowest BCUT2D eigenvalue weighted by Crippen LogP contribution is -2.00. The summed E-state index contributed by atoms with van der Waals surface area (Å²) in [6.07, 6.45) is 0.357. The van der Waals surface area contributed by atoms with Gasteiger partial charge in [0.15, 0.2) is 0 Å². The fourth-order valence-electron chi connectivity index (χ4n) is 3.75. The predicted molar refractivity (Wildman–Crippen MR) is 116 cm³/mol. The van der Waals surface area contributed by atoms with Crippen molar-refractivity contribution in [2.45, 2.75) is 13.3 Å². The van der Waals surface area contributed by atoms with Gasteiger partial charge in [-0.05, 0) is 72.0 Å². The molecular formula is C25H20F3N2O. The summed E-state index contributed by atoms with van der Waals surface area (Å²) in [5.74, 6) is -1.31. The Labute approximate surface area is 178 Å². The lowest BCUT2D eigenvalue weighted by Gasteiger charge is -2.18. The number of hydrogen-bond acceptors (Lipinski definition) is 2. The zero-order valence-corrected chi connectivity index (χ0v) is 16.9. The third-order valence-electron chi connectivity index (χ3n) is 5.14. The van der Waals surface area contributed by atoms with Crippen LogP contribution in [0.15, 0.2) is 60.7 Å². The number of nitrogens with one attached hydrogen (secondary N) is 1. The van der Waals surface area contributed by atoms with Crippen LogP contribution in [-0.2, 0) is 0 Å². The molecule has 0 saturated carbocycles. The Hall–Kier alpha value is -3.54. The largest absolute Gasteiger partial charge is 0.494 e. The average Bonchev–Trinajstić information content (AvgIpc) is 3.14. The zero-order chi connectivity index (χ0) is 22.0. The monoisotopic (exact) mass is 421 g/mol. The van der Waals surface area contributed by atoms with E-state index in [1.165, 1.54) is 18.2 Å². The SMILES string of the molecule is [CH2]COc1ccc(/C(=C(/CC)c2c(F)cccc2F)c2ccc3[nH]nc(F)c3c2)cc1. The quantitative estimate of drug-likeness (QED) is 0.358. The first-order chi connectivity index (χ1) is 15.0. The summed E-state index contributed by atoms with van der Waals surface area (Å²) in [6, 6.07) is 16.1. The van der Waals surface area contributed by atoms with E-state index in [9.17, 15) is 13.2 Å². The number of aromatic amines is 1. The minimum atomic E-state index is -0.651. The van der Waals surface area contributed by atoms with Crippen LogP contribution in [0.4, 0.5) is 13.2 Å². The molecule has 0 atom stereocenters. The lowest BCUT2D eigenvalue weighted by molar-refractivity contribution is 0.361. The van der Waals surface area contributed by atoms with Gasteiger partial charge < -0.3 is 4.74 Å². The van der Waals surface area contributed by atoms with E-state index >= 15 is 0 Å². The molecular weight excluding hydrogens is 401 g/mol. The van der Waals surface area contributed by atoms with Gasteiger partial charge in [-0.3, -0.25) is 5.10 Å². The number of aromatic nitrogens is 2. The van der Waals surface area contributed by atoms with Crippen LogP contribution < -0.4 is 4.74 Å². The van der Waals surface area contributed by atoms with E-state index in [-0.39, 0.29) is 12.2 Å². The van der Waals surface area contributed by atoms with E-state index in [1.54, 1.807) is 30.3 Å². The van der Waals surface area contributed by atoms with Crippen LogP contribution >= 0.6 is 0 Å². The summed E-state index contributed by atoms with van der Waals surface area (Å²) in [5, 5.41) is 6.53. The van der Waals surface area contributed by atoms with Gasteiger partial charge in [0.2, 0.25) is 5.95 Å². The van der Waals surface area contributed by atoms with Crippen LogP contribution in [0.1, 0.15) is 30.0 Å². The van der Waals surface area contributed by atoms with Gasteiger partial charge in [0.25, 0.3) is 0 Å². The molecule has 0 aliphatic carbocycles. The second kappa shape index (κ2) is 8.68. The van der Waals surface area contributed by atoms with Crippen molar-refractivity contribution >= 4 is 22.0 Å². The fourth-order valence-corrected chi connectivity index (χ4v) is 3.75. The molecule has 0 aliphatic heterocycles. The zero-order valence-electron chi connectivity index (χ0n) is 16.9. The van der Waals surface area contributed by atoms with Crippen LogP contribution in [0.2, 0.25) is 0 Å². The van der Waals surface area contributed by atoms with E-state index in [1.807, 2.05) is 19.1 Å². The summed E-state index contributed by atoms with van der Waals surface area (Å²) >= 11 is 0. The van der Waals surface area contributed by atoms with Gasteiger partial charge >= 0.3 is 0 Å². The van der Waals surface area contributed by atoms with Crippen molar-refractivity contribution in [1.82, 2.24) is 10.2 Å². The Bertz CT molecular complexity index is 1240. The Morgan fingerprint density at radius 3 is 2.29 bits per heavy atom. The number of H-pyrrole nitrogens is 1. The van der Waals surface area contributed by atoms with Crippen molar-refractivity contribution in [1.29, 1.82) is 0 Å². The van der Waals surface area contributed by atoms with Gasteiger partial charge in [-0.1, -0.05) is 31.2 Å². The number of nitrogens with zero attached hydrogens (tertiary/aromatic N) is 1. The molecule has 0 aliphatic rings. The maximum absolute atomic E-state index is 14.7. The Morgan fingerprint density at radius 1 is 0.968 bits per heavy atom. The Kier molecular flexibility index (Phi) is 5.80. The smallest absolute Gasteiger partial charge is 0.240 e. The molecule has 1 radical (unpaired) electrons. The molecule has 0 fully saturated rings. The van der Waals surface area contributed by atoms with E-state index in [4.69, 9.17) is 4.74 Å². The number of halogens is 3. The van der Waals surface area contributed by atoms with Crippen LogP contribution in [0.3, 0.4) is 0 Å². The number of rotatable bonds is 6. The van der Waals surface area contributed by atoms with Crippen LogP contribution in [-0.4, -0.2) is 16.8 Å². The normalized spacial score (nSPS) is 12.2. The fraction of sp³-hybridized carbons (Fsp3) is 0.120. The molecule has 6 heteroatoms. The first-order valence-electron chi connectivity index (χ1n) is 9.87. The molecule has 3 nitrogen and oxygen atoms in total.